The van der Waals surface area contributed by atoms with Gasteiger partial charge in [0.2, 0.25) is 0 Å². The fraction of sp³-hybridized carbons (Fsp3) is 0.333. The summed E-state index contributed by atoms with van der Waals surface area (Å²) in [5.41, 5.74) is 9.59. The minimum absolute atomic E-state index is 0.176. The average molecular weight is 287 g/mol. The number of rotatable bonds is 5. The number of ether oxygens (including phenoxy) is 1. The Morgan fingerprint density at radius 1 is 1.05 bits per heavy atom. The molecule has 0 saturated carbocycles. The zero-order valence-electron chi connectivity index (χ0n) is 12.8. The van der Waals surface area contributed by atoms with Crippen LogP contribution in [0.4, 0.5) is 4.39 Å². The van der Waals surface area contributed by atoms with E-state index in [9.17, 15) is 4.39 Å². The van der Waals surface area contributed by atoms with Gasteiger partial charge in [-0.1, -0.05) is 44.2 Å². The molecule has 0 spiro atoms. The van der Waals surface area contributed by atoms with Crippen LogP contribution in [-0.4, -0.2) is 7.11 Å². The van der Waals surface area contributed by atoms with Crippen LogP contribution < -0.4 is 10.5 Å². The van der Waals surface area contributed by atoms with Crippen molar-refractivity contribution in [2.75, 3.05) is 7.11 Å². The van der Waals surface area contributed by atoms with E-state index < -0.39 is 0 Å². The Bertz CT molecular complexity index is 593. The summed E-state index contributed by atoms with van der Waals surface area (Å²) < 4.78 is 18.4. The SMILES string of the molecule is COc1cc(C(N)Cc2ccc(C(C)C)cc2)ccc1F. The maximum absolute atomic E-state index is 13.4. The summed E-state index contributed by atoms with van der Waals surface area (Å²) in [7, 11) is 1.46. The third kappa shape index (κ3) is 3.82. The smallest absolute Gasteiger partial charge is 0.165 e. The number of hydrogen-bond acceptors (Lipinski definition) is 2. The molecule has 112 valence electrons. The Labute approximate surface area is 125 Å². The fourth-order valence-corrected chi connectivity index (χ4v) is 2.32. The van der Waals surface area contributed by atoms with Crippen LogP contribution in [0.2, 0.25) is 0 Å². The van der Waals surface area contributed by atoms with Crippen LogP contribution in [0, 0.1) is 5.82 Å². The fourth-order valence-electron chi connectivity index (χ4n) is 2.32. The Balaban J connectivity index is 2.12. The van der Waals surface area contributed by atoms with Gasteiger partial charge in [0.1, 0.15) is 0 Å². The Kier molecular flexibility index (Phi) is 4.97. The summed E-state index contributed by atoms with van der Waals surface area (Å²) in [5, 5.41) is 0. The molecule has 2 aromatic carbocycles. The van der Waals surface area contributed by atoms with Gasteiger partial charge in [-0.25, -0.2) is 4.39 Å². The minimum atomic E-state index is -0.366. The first-order chi connectivity index (χ1) is 10.0. The van der Waals surface area contributed by atoms with Crippen molar-refractivity contribution in [1.82, 2.24) is 0 Å². The largest absolute Gasteiger partial charge is 0.494 e. The Morgan fingerprint density at radius 2 is 1.67 bits per heavy atom. The molecule has 0 bridgehead atoms. The molecular weight excluding hydrogens is 265 g/mol. The number of methoxy groups -OCH3 is 1. The van der Waals surface area contributed by atoms with E-state index in [0.717, 1.165) is 5.56 Å². The molecule has 1 atom stereocenters. The van der Waals surface area contributed by atoms with Crippen LogP contribution in [0.15, 0.2) is 42.5 Å². The topological polar surface area (TPSA) is 35.2 Å². The van der Waals surface area contributed by atoms with E-state index in [-0.39, 0.29) is 17.6 Å². The molecule has 0 heterocycles. The van der Waals surface area contributed by atoms with E-state index in [1.165, 1.54) is 24.3 Å². The molecule has 2 N–H and O–H groups in total. The van der Waals surface area contributed by atoms with Gasteiger partial charge in [-0.15, -0.1) is 0 Å². The van der Waals surface area contributed by atoms with Gasteiger partial charge in [0.15, 0.2) is 11.6 Å². The highest BCUT2D eigenvalue weighted by molar-refractivity contribution is 5.33. The van der Waals surface area contributed by atoms with Gasteiger partial charge in [0.25, 0.3) is 0 Å². The summed E-state index contributed by atoms with van der Waals surface area (Å²) in [6.45, 7) is 4.34. The molecule has 2 rings (SSSR count). The van der Waals surface area contributed by atoms with Gasteiger partial charge in [0.05, 0.1) is 7.11 Å². The van der Waals surface area contributed by atoms with E-state index in [1.807, 2.05) is 0 Å². The highest BCUT2D eigenvalue weighted by Gasteiger charge is 2.11. The summed E-state index contributed by atoms with van der Waals surface area (Å²) in [4.78, 5) is 0. The van der Waals surface area contributed by atoms with E-state index in [2.05, 4.69) is 38.1 Å². The van der Waals surface area contributed by atoms with Gasteiger partial charge in [-0.3, -0.25) is 0 Å². The molecule has 0 saturated heterocycles. The molecule has 3 heteroatoms. The van der Waals surface area contributed by atoms with Gasteiger partial charge in [0, 0.05) is 6.04 Å². The first-order valence-corrected chi connectivity index (χ1v) is 7.19. The quantitative estimate of drug-likeness (QED) is 0.894. The third-order valence-electron chi connectivity index (χ3n) is 3.71. The lowest BCUT2D eigenvalue weighted by molar-refractivity contribution is 0.385. The van der Waals surface area contributed by atoms with Crippen molar-refractivity contribution in [2.24, 2.45) is 5.73 Å². The van der Waals surface area contributed by atoms with Gasteiger partial charge in [-0.05, 0) is 41.2 Å². The number of halogens is 1. The van der Waals surface area contributed by atoms with Crippen LogP contribution in [0.5, 0.6) is 5.75 Å². The van der Waals surface area contributed by atoms with Crippen LogP contribution >= 0.6 is 0 Å². The maximum atomic E-state index is 13.4. The second-order valence-electron chi connectivity index (χ2n) is 5.60. The molecule has 21 heavy (non-hydrogen) atoms. The van der Waals surface area contributed by atoms with Crippen LogP contribution in [0.3, 0.4) is 0 Å². The third-order valence-corrected chi connectivity index (χ3v) is 3.71. The van der Waals surface area contributed by atoms with Crippen LogP contribution in [0.1, 0.15) is 42.5 Å². The van der Waals surface area contributed by atoms with Gasteiger partial charge in [-0.2, -0.15) is 0 Å². The van der Waals surface area contributed by atoms with E-state index in [0.29, 0.717) is 12.3 Å². The molecular formula is C18H22FNO. The second-order valence-corrected chi connectivity index (χ2v) is 5.60. The Morgan fingerprint density at radius 3 is 2.24 bits per heavy atom. The minimum Gasteiger partial charge on any atom is -0.494 e. The van der Waals surface area contributed by atoms with Gasteiger partial charge >= 0.3 is 0 Å². The first-order valence-electron chi connectivity index (χ1n) is 7.19. The Hall–Kier alpha value is -1.87. The monoisotopic (exact) mass is 287 g/mol. The van der Waals surface area contributed by atoms with Crippen molar-refractivity contribution in [3.8, 4) is 5.75 Å². The molecule has 0 radical (unpaired) electrons. The summed E-state index contributed by atoms with van der Waals surface area (Å²) in [5.74, 6) is 0.391. The molecule has 0 aliphatic heterocycles. The number of hydrogen-bond donors (Lipinski definition) is 1. The zero-order chi connectivity index (χ0) is 15.4. The van der Waals surface area contributed by atoms with Crippen molar-refractivity contribution in [3.05, 3.63) is 65.0 Å². The molecule has 2 nitrogen and oxygen atoms in total. The first kappa shape index (κ1) is 15.5. The molecule has 2 aromatic rings. The maximum Gasteiger partial charge on any atom is 0.165 e. The van der Waals surface area contributed by atoms with Crippen LogP contribution in [0.25, 0.3) is 0 Å². The molecule has 0 aromatic heterocycles. The van der Waals surface area contributed by atoms with Crippen molar-refractivity contribution in [3.63, 3.8) is 0 Å². The van der Waals surface area contributed by atoms with Crippen molar-refractivity contribution < 1.29 is 9.13 Å². The molecule has 0 aliphatic rings. The normalized spacial score (nSPS) is 12.5. The van der Waals surface area contributed by atoms with Crippen molar-refractivity contribution >= 4 is 0 Å². The number of benzene rings is 2. The van der Waals surface area contributed by atoms with Crippen molar-refractivity contribution in [1.29, 1.82) is 0 Å². The van der Waals surface area contributed by atoms with E-state index in [4.69, 9.17) is 10.5 Å². The predicted molar refractivity (Wildman–Crippen MR) is 84.1 cm³/mol. The lowest BCUT2D eigenvalue weighted by Gasteiger charge is -2.14. The van der Waals surface area contributed by atoms with E-state index in [1.54, 1.807) is 12.1 Å². The molecule has 0 fully saturated rings. The lowest BCUT2D eigenvalue weighted by Crippen LogP contribution is -2.13. The number of nitrogens with two attached hydrogens (primary N) is 1. The highest BCUT2D eigenvalue weighted by atomic mass is 19.1. The molecule has 0 amide bonds. The standard InChI is InChI=1S/C18H22FNO/c1-12(2)14-6-4-13(5-7-14)10-17(20)15-8-9-16(19)18(11-15)21-3/h4-9,11-12,17H,10,20H2,1-3H3. The van der Waals surface area contributed by atoms with Gasteiger partial charge < -0.3 is 10.5 Å². The molecule has 1 unspecified atom stereocenters. The lowest BCUT2D eigenvalue weighted by atomic mass is 9.96. The predicted octanol–water partition coefficient (Wildman–Crippen LogP) is 4.20. The summed E-state index contributed by atoms with van der Waals surface area (Å²) >= 11 is 0. The molecule has 0 aliphatic carbocycles. The summed E-state index contributed by atoms with van der Waals surface area (Å²) in [6, 6.07) is 13.1. The average Bonchev–Trinajstić information content (AvgIpc) is 2.48. The van der Waals surface area contributed by atoms with E-state index >= 15 is 0 Å². The van der Waals surface area contributed by atoms with Crippen LogP contribution in [-0.2, 0) is 6.42 Å². The summed E-state index contributed by atoms with van der Waals surface area (Å²) in [6.07, 6.45) is 0.715. The second kappa shape index (κ2) is 6.72. The van der Waals surface area contributed by atoms with Crippen molar-refractivity contribution in [2.45, 2.75) is 32.2 Å². The zero-order valence-corrected chi connectivity index (χ0v) is 12.8. The highest BCUT2D eigenvalue weighted by Crippen LogP contribution is 2.24.